The van der Waals surface area contributed by atoms with E-state index in [1.54, 1.807) is 12.1 Å². The number of aromatic hydroxyl groups is 1. The van der Waals surface area contributed by atoms with E-state index in [0.29, 0.717) is 31.1 Å². The van der Waals surface area contributed by atoms with Gasteiger partial charge >= 0.3 is 0 Å². The number of benzene rings is 1. The topological polar surface area (TPSA) is 103 Å². The monoisotopic (exact) mass is 440 g/mol. The lowest BCUT2D eigenvalue weighted by Gasteiger charge is -2.19. The summed E-state index contributed by atoms with van der Waals surface area (Å²) < 4.78 is 11.1. The molecule has 0 saturated heterocycles. The van der Waals surface area contributed by atoms with Crippen LogP contribution in [0.3, 0.4) is 0 Å². The van der Waals surface area contributed by atoms with Gasteiger partial charge in [0.05, 0.1) is 31.1 Å². The van der Waals surface area contributed by atoms with Gasteiger partial charge in [-0.1, -0.05) is 58.4 Å². The zero-order chi connectivity index (χ0) is 22.7. The minimum atomic E-state index is -0.676. The van der Waals surface area contributed by atoms with Crippen LogP contribution in [-0.4, -0.2) is 67.0 Å². The fourth-order valence-corrected chi connectivity index (χ4v) is 3.14. The quantitative estimate of drug-likeness (QED) is 0.153. The van der Waals surface area contributed by atoms with E-state index < -0.39 is 12.2 Å². The Bertz CT molecular complexity index is 559. The molecule has 1 rings (SSSR count). The van der Waals surface area contributed by atoms with Crippen molar-refractivity contribution in [1.82, 2.24) is 0 Å². The SMILES string of the molecule is CCCCCCOCC(O)CNc1cccc(O)c1NCC(O)COCCCCCC. The van der Waals surface area contributed by atoms with E-state index in [4.69, 9.17) is 9.47 Å². The van der Waals surface area contributed by atoms with Crippen molar-refractivity contribution in [3.8, 4) is 5.75 Å². The fraction of sp³-hybridized carbons (Fsp3) is 0.750. The second-order valence-corrected chi connectivity index (χ2v) is 8.04. The van der Waals surface area contributed by atoms with E-state index in [9.17, 15) is 15.3 Å². The molecule has 180 valence electrons. The summed E-state index contributed by atoms with van der Waals surface area (Å²) in [4.78, 5) is 0. The molecule has 0 bridgehead atoms. The summed E-state index contributed by atoms with van der Waals surface area (Å²) in [7, 11) is 0. The number of rotatable bonds is 20. The summed E-state index contributed by atoms with van der Waals surface area (Å²) in [6.45, 7) is 6.74. The third-order valence-electron chi connectivity index (χ3n) is 4.99. The van der Waals surface area contributed by atoms with Crippen molar-refractivity contribution in [2.75, 3.05) is 50.2 Å². The number of anilines is 2. The Morgan fingerprint density at radius 2 is 1.32 bits per heavy atom. The van der Waals surface area contributed by atoms with Gasteiger partial charge in [-0.15, -0.1) is 0 Å². The van der Waals surface area contributed by atoms with Crippen molar-refractivity contribution >= 4 is 11.4 Å². The molecule has 0 amide bonds. The maximum atomic E-state index is 10.2. The average molecular weight is 441 g/mol. The number of phenols is 1. The molecule has 31 heavy (non-hydrogen) atoms. The predicted octanol–water partition coefficient (Wildman–Crippen LogP) is 4.13. The van der Waals surface area contributed by atoms with Crippen LogP contribution in [0.2, 0.25) is 0 Å². The van der Waals surface area contributed by atoms with E-state index in [2.05, 4.69) is 24.5 Å². The number of hydrogen-bond acceptors (Lipinski definition) is 7. The zero-order valence-corrected chi connectivity index (χ0v) is 19.4. The minimum absolute atomic E-state index is 0.0827. The molecule has 7 nitrogen and oxygen atoms in total. The summed E-state index contributed by atoms with van der Waals surface area (Å²) in [6, 6.07) is 5.13. The Morgan fingerprint density at radius 1 is 0.774 bits per heavy atom. The molecule has 2 atom stereocenters. The van der Waals surface area contributed by atoms with Crippen molar-refractivity contribution in [1.29, 1.82) is 0 Å². The Morgan fingerprint density at radius 3 is 1.87 bits per heavy atom. The Labute approximate surface area is 188 Å². The minimum Gasteiger partial charge on any atom is -0.506 e. The number of phenolic OH excluding ortho intramolecular Hbond substituents is 1. The van der Waals surface area contributed by atoms with Gasteiger partial charge in [-0.3, -0.25) is 0 Å². The van der Waals surface area contributed by atoms with Crippen LogP contribution < -0.4 is 10.6 Å². The third kappa shape index (κ3) is 13.5. The summed E-state index contributed by atoms with van der Waals surface area (Å²) in [5, 5.41) is 36.7. The first-order valence-corrected chi connectivity index (χ1v) is 11.9. The van der Waals surface area contributed by atoms with E-state index in [1.807, 2.05) is 6.07 Å². The highest BCUT2D eigenvalue weighted by molar-refractivity contribution is 5.75. The van der Waals surface area contributed by atoms with Gasteiger partial charge in [-0.25, -0.2) is 0 Å². The molecule has 0 aliphatic heterocycles. The fourth-order valence-electron chi connectivity index (χ4n) is 3.14. The van der Waals surface area contributed by atoms with E-state index in [0.717, 1.165) is 25.7 Å². The number of aliphatic hydroxyl groups excluding tert-OH is 2. The molecule has 0 radical (unpaired) electrons. The first-order valence-electron chi connectivity index (χ1n) is 11.9. The maximum absolute atomic E-state index is 10.2. The van der Waals surface area contributed by atoms with E-state index in [-0.39, 0.29) is 25.5 Å². The number of hydrogen-bond donors (Lipinski definition) is 5. The molecule has 7 heteroatoms. The van der Waals surface area contributed by atoms with Gasteiger partial charge in [-0.05, 0) is 25.0 Å². The van der Waals surface area contributed by atoms with Crippen molar-refractivity contribution in [3.63, 3.8) is 0 Å². The van der Waals surface area contributed by atoms with Gasteiger partial charge in [0.1, 0.15) is 11.4 Å². The van der Waals surface area contributed by atoms with Crippen molar-refractivity contribution in [2.45, 2.75) is 77.4 Å². The van der Waals surface area contributed by atoms with Crippen LogP contribution in [0.25, 0.3) is 0 Å². The van der Waals surface area contributed by atoms with Crippen molar-refractivity contribution in [2.24, 2.45) is 0 Å². The smallest absolute Gasteiger partial charge is 0.140 e. The first kappa shape index (κ1) is 27.5. The average Bonchev–Trinajstić information content (AvgIpc) is 2.76. The van der Waals surface area contributed by atoms with Crippen LogP contribution in [0.1, 0.15) is 65.2 Å². The molecule has 1 aromatic carbocycles. The number of aliphatic hydroxyl groups is 2. The Hall–Kier alpha value is -1.54. The van der Waals surface area contributed by atoms with Gasteiger partial charge in [0.15, 0.2) is 0 Å². The summed E-state index contributed by atoms with van der Waals surface area (Å²) in [6.07, 6.45) is 7.79. The summed E-state index contributed by atoms with van der Waals surface area (Å²) >= 11 is 0. The Kier molecular flexibility index (Phi) is 16.0. The lowest BCUT2D eigenvalue weighted by molar-refractivity contribution is 0.0414. The molecule has 5 N–H and O–H groups in total. The first-order chi connectivity index (χ1) is 15.1. The van der Waals surface area contributed by atoms with Crippen molar-refractivity contribution in [3.05, 3.63) is 18.2 Å². The second-order valence-electron chi connectivity index (χ2n) is 8.04. The normalized spacial score (nSPS) is 13.2. The number of unbranched alkanes of at least 4 members (excludes halogenated alkanes) is 6. The highest BCUT2D eigenvalue weighted by atomic mass is 16.5. The molecule has 0 aliphatic carbocycles. The van der Waals surface area contributed by atoms with Crippen LogP contribution in [0, 0.1) is 0 Å². The molecule has 0 saturated carbocycles. The highest BCUT2D eigenvalue weighted by Crippen LogP contribution is 2.31. The van der Waals surface area contributed by atoms with Gasteiger partial charge in [-0.2, -0.15) is 0 Å². The Balaban J connectivity index is 2.33. The molecule has 0 spiro atoms. The van der Waals surface area contributed by atoms with Gasteiger partial charge in [0.25, 0.3) is 0 Å². The lowest BCUT2D eigenvalue weighted by Crippen LogP contribution is -2.27. The lowest BCUT2D eigenvalue weighted by atomic mass is 10.2. The van der Waals surface area contributed by atoms with Crippen molar-refractivity contribution < 1.29 is 24.8 Å². The van der Waals surface area contributed by atoms with Gasteiger partial charge in [0.2, 0.25) is 0 Å². The molecule has 0 heterocycles. The number of nitrogens with one attached hydrogen (secondary N) is 2. The second kappa shape index (κ2) is 18.1. The van der Waals surface area contributed by atoms with Crippen LogP contribution in [0.15, 0.2) is 18.2 Å². The van der Waals surface area contributed by atoms with Gasteiger partial charge < -0.3 is 35.4 Å². The number of ether oxygens (including phenoxy) is 2. The van der Waals surface area contributed by atoms with Crippen LogP contribution in [-0.2, 0) is 9.47 Å². The zero-order valence-electron chi connectivity index (χ0n) is 19.4. The largest absolute Gasteiger partial charge is 0.506 e. The summed E-state index contributed by atoms with van der Waals surface area (Å²) in [5.74, 6) is 0.0827. The predicted molar refractivity (Wildman–Crippen MR) is 127 cm³/mol. The molecule has 0 aliphatic rings. The number of para-hydroxylation sites is 1. The molecule has 0 fully saturated rings. The molecule has 0 aromatic heterocycles. The van der Waals surface area contributed by atoms with Crippen LogP contribution in [0.4, 0.5) is 11.4 Å². The standard InChI is InChI=1S/C24H44N2O5/c1-3-5-7-9-14-30-18-20(27)16-25-22-12-11-13-23(29)24(22)26-17-21(28)19-31-15-10-8-6-4-2/h11-13,20-21,25-29H,3-10,14-19H2,1-2H3. The van der Waals surface area contributed by atoms with E-state index in [1.165, 1.54) is 25.7 Å². The molecule has 1 aromatic rings. The molecular weight excluding hydrogens is 396 g/mol. The van der Waals surface area contributed by atoms with Crippen LogP contribution in [0.5, 0.6) is 5.75 Å². The molecular formula is C24H44N2O5. The third-order valence-corrected chi connectivity index (χ3v) is 4.99. The molecule has 2 unspecified atom stereocenters. The maximum Gasteiger partial charge on any atom is 0.140 e. The summed E-state index contributed by atoms with van der Waals surface area (Å²) in [5.41, 5.74) is 1.16. The van der Waals surface area contributed by atoms with Crippen LogP contribution >= 0.6 is 0 Å². The van der Waals surface area contributed by atoms with Gasteiger partial charge in [0, 0.05) is 26.3 Å². The van der Waals surface area contributed by atoms with E-state index >= 15 is 0 Å². The highest BCUT2D eigenvalue weighted by Gasteiger charge is 2.12.